The minimum absolute atomic E-state index is 0.162. The highest BCUT2D eigenvalue weighted by atomic mass is 32.1. The molecule has 2 aromatic heterocycles. The standard InChI is InChI=1S/C12H18N4S/c1-8-9-10(15(3)14-8)16(11(17)13-9)12(2)6-4-5-7-12/h4-7H2,1-3H3,(H,13,17). The van der Waals surface area contributed by atoms with Gasteiger partial charge < -0.3 is 4.98 Å². The summed E-state index contributed by atoms with van der Waals surface area (Å²) in [6, 6.07) is 0. The SMILES string of the molecule is Cc1nn(C)c2c1[nH]c(=S)n2C1(C)CCCC1. The van der Waals surface area contributed by atoms with Crippen LogP contribution in [0.5, 0.6) is 0 Å². The lowest BCUT2D eigenvalue weighted by atomic mass is 10.0. The number of rotatable bonds is 1. The highest BCUT2D eigenvalue weighted by Gasteiger charge is 2.33. The van der Waals surface area contributed by atoms with Crippen LogP contribution >= 0.6 is 12.2 Å². The minimum Gasteiger partial charge on any atom is -0.328 e. The molecule has 0 unspecified atom stereocenters. The second kappa shape index (κ2) is 3.45. The Balaban J connectivity index is 2.35. The molecule has 0 aliphatic heterocycles. The van der Waals surface area contributed by atoms with E-state index in [0.717, 1.165) is 21.6 Å². The van der Waals surface area contributed by atoms with Crippen molar-refractivity contribution in [3.8, 4) is 0 Å². The van der Waals surface area contributed by atoms with Crippen molar-refractivity contribution < 1.29 is 0 Å². The quantitative estimate of drug-likeness (QED) is 0.790. The van der Waals surface area contributed by atoms with Gasteiger partial charge in [-0.2, -0.15) is 5.10 Å². The molecule has 0 spiro atoms. The second-order valence-corrected chi connectivity index (χ2v) is 5.76. The summed E-state index contributed by atoms with van der Waals surface area (Å²) in [5, 5.41) is 4.47. The van der Waals surface area contributed by atoms with E-state index < -0.39 is 0 Å². The zero-order valence-corrected chi connectivity index (χ0v) is 11.4. The van der Waals surface area contributed by atoms with Crippen molar-refractivity contribution in [3.05, 3.63) is 10.5 Å². The summed E-state index contributed by atoms with van der Waals surface area (Å²) in [7, 11) is 1.99. The van der Waals surface area contributed by atoms with Crippen molar-refractivity contribution in [1.82, 2.24) is 19.3 Å². The van der Waals surface area contributed by atoms with Crippen molar-refractivity contribution in [3.63, 3.8) is 0 Å². The van der Waals surface area contributed by atoms with Crippen LogP contribution in [0.15, 0.2) is 0 Å². The second-order valence-electron chi connectivity index (χ2n) is 5.38. The number of imidazole rings is 1. The summed E-state index contributed by atoms with van der Waals surface area (Å²) in [5.74, 6) is 0. The fourth-order valence-electron chi connectivity index (χ4n) is 3.17. The van der Waals surface area contributed by atoms with Crippen LogP contribution < -0.4 is 0 Å². The van der Waals surface area contributed by atoms with Gasteiger partial charge in [0, 0.05) is 12.6 Å². The van der Waals surface area contributed by atoms with Crippen LogP contribution in [0, 0.1) is 11.7 Å². The number of H-pyrrole nitrogens is 1. The van der Waals surface area contributed by atoms with Gasteiger partial charge in [0.2, 0.25) is 0 Å². The van der Waals surface area contributed by atoms with Crippen LogP contribution in [0.4, 0.5) is 0 Å². The molecular formula is C12H18N4S. The van der Waals surface area contributed by atoms with Crippen molar-refractivity contribution >= 4 is 23.4 Å². The zero-order chi connectivity index (χ0) is 12.2. The fourth-order valence-corrected chi connectivity index (χ4v) is 3.58. The van der Waals surface area contributed by atoms with Gasteiger partial charge in [0.1, 0.15) is 5.52 Å². The van der Waals surface area contributed by atoms with Gasteiger partial charge in [-0.3, -0.25) is 9.25 Å². The fraction of sp³-hybridized carbons (Fsp3) is 0.667. The maximum atomic E-state index is 5.50. The van der Waals surface area contributed by atoms with E-state index in [-0.39, 0.29) is 5.54 Å². The molecule has 1 fully saturated rings. The van der Waals surface area contributed by atoms with Crippen molar-refractivity contribution in [2.24, 2.45) is 7.05 Å². The van der Waals surface area contributed by atoms with Crippen LogP contribution in [0.1, 0.15) is 38.3 Å². The van der Waals surface area contributed by atoms with E-state index in [9.17, 15) is 0 Å². The van der Waals surface area contributed by atoms with Crippen LogP contribution in [0.25, 0.3) is 11.2 Å². The number of nitrogens with zero attached hydrogens (tertiary/aromatic N) is 3. The Morgan fingerprint density at radius 2 is 2.00 bits per heavy atom. The molecule has 0 radical (unpaired) electrons. The third-order valence-electron chi connectivity index (χ3n) is 4.06. The Kier molecular flexibility index (Phi) is 2.23. The molecule has 92 valence electrons. The first-order valence-electron chi connectivity index (χ1n) is 6.18. The zero-order valence-electron chi connectivity index (χ0n) is 10.6. The molecule has 1 N–H and O–H groups in total. The van der Waals surface area contributed by atoms with Gasteiger partial charge in [-0.05, 0) is 38.9 Å². The van der Waals surface area contributed by atoms with Gasteiger partial charge in [0.25, 0.3) is 0 Å². The molecule has 3 rings (SSSR count). The van der Waals surface area contributed by atoms with Crippen LogP contribution in [0.3, 0.4) is 0 Å². The summed E-state index contributed by atoms with van der Waals surface area (Å²) in [6.07, 6.45) is 5.00. The molecule has 4 nitrogen and oxygen atoms in total. The summed E-state index contributed by atoms with van der Waals surface area (Å²) in [5.41, 5.74) is 3.41. The molecule has 0 aromatic carbocycles. The normalized spacial score (nSPS) is 19.2. The molecular weight excluding hydrogens is 232 g/mol. The minimum atomic E-state index is 0.162. The Hall–Kier alpha value is -1.10. The Bertz CT molecular complexity index is 625. The number of aromatic amines is 1. The van der Waals surface area contributed by atoms with Crippen molar-refractivity contribution in [1.29, 1.82) is 0 Å². The van der Waals surface area contributed by atoms with E-state index >= 15 is 0 Å². The predicted molar refractivity (Wildman–Crippen MR) is 70.7 cm³/mol. The number of fused-ring (bicyclic) bond motifs is 1. The van der Waals surface area contributed by atoms with Crippen molar-refractivity contribution in [2.45, 2.75) is 45.1 Å². The van der Waals surface area contributed by atoms with E-state index in [4.69, 9.17) is 12.2 Å². The molecule has 2 heterocycles. The number of hydrogen-bond donors (Lipinski definition) is 1. The maximum Gasteiger partial charge on any atom is 0.179 e. The highest BCUT2D eigenvalue weighted by Crippen LogP contribution is 2.38. The van der Waals surface area contributed by atoms with E-state index in [1.54, 1.807) is 0 Å². The first-order valence-corrected chi connectivity index (χ1v) is 6.58. The van der Waals surface area contributed by atoms with Crippen molar-refractivity contribution in [2.75, 3.05) is 0 Å². The lowest BCUT2D eigenvalue weighted by Crippen LogP contribution is -2.27. The van der Waals surface area contributed by atoms with Gasteiger partial charge in [-0.1, -0.05) is 12.8 Å². The summed E-state index contributed by atoms with van der Waals surface area (Å²) in [4.78, 5) is 3.31. The number of hydrogen-bond acceptors (Lipinski definition) is 2. The summed E-state index contributed by atoms with van der Waals surface area (Å²) >= 11 is 5.50. The average Bonchev–Trinajstić information content (AvgIpc) is 2.88. The number of aryl methyl sites for hydroxylation is 2. The highest BCUT2D eigenvalue weighted by molar-refractivity contribution is 7.71. The average molecular weight is 250 g/mol. The lowest BCUT2D eigenvalue weighted by molar-refractivity contribution is 0.330. The predicted octanol–water partition coefficient (Wildman–Crippen LogP) is 3.03. The van der Waals surface area contributed by atoms with E-state index in [1.807, 2.05) is 18.7 Å². The molecule has 5 heteroatoms. The Labute approximate surface area is 106 Å². The summed E-state index contributed by atoms with van der Waals surface area (Å²) in [6.45, 7) is 4.33. The van der Waals surface area contributed by atoms with Gasteiger partial charge in [0.15, 0.2) is 10.4 Å². The lowest BCUT2D eigenvalue weighted by Gasteiger charge is -2.26. The van der Waals surface area contributed by atoms with E-state index in [2.05, 4.69) is 21.6 Å². The third-order valence-corrected chi connectivity index (χ3v) is 4.34. The molecule has 0 amide bonds. The smallest absolute Gasteiger partial charge is 0.179 e. The summed E-state index contributed by atoms with van der Waals surface area (Å²) < 4.78 is 5.06. The third kappa shape index (κ3) is 1.41. The Morgan fingerprint density at radius 1 is 1.35 bits per heavy atom. The first kappa shape index (κ1) is 11.0. The van der Waals surface area contributed by atoms with Gasteiger partial charge in [0.05, 0.1) is 5.69 Å². The molecule has 0 saturated heterocycles. The number of aromatic nitrogens is 4. The van der Waals surface area contributed by atoms with E-state index in [0.29, 0.717) is 0 Å². The number of nitrogens with one attached hydrogen (secondary N) is 1. The molecule has 1 aliphatic rings. The molecule has 1 saturated carbocycles. The largest absolute Gasteiger partial charge is 0.328 e. The van der Waals surface area contributed by atoms with Gasteiger partial charge in [-0.15, -0.1) is 0 Å². The molecule has 0 atom stereocenters. The topological polar surface area (TPSA) is 38.5 Å². The molecule has 1 aliphatic carbocycles. The van der Waals surface area contributed by atoms with Gasteiger partial charge >= 0.3 is 0 Å². The molecule has 17 heavy (non-hydrogen) atoms. The Morgan fingerprint density at radius 3 is 2.65 bits per heavy atom. The first-order chi connectivity index (χ1) is 8.03. The van der Waals surface area contributed by atoms with Crippen LogP contribution in [-0.2, 0) is 12.6 Å². The van der Waals surface area contributed by atoms with E-state index in [1.165, 1.54) is 25.7 Å². The maximum absolute atomic E-state index is 5.50. The molecule has 2 aromatic rings. The molecule has 0 bridgehead atoms. The van der Waals surface area contributed by atoms with Gasteiger partial charge in [-0.25, -0.2) is 0 Å². The van der Waals surface area contributed by atoms with Crippen LogP contribution in [0.2, 0.25) is 0 Å². The monoisotopic (exact) mass is 250 g/mol. The van der Waals surface area contributed by atoms with Crippen LogP contribution in [-0.4, -0.2) is 19.3 Å².